The third-order valence-corrected chi connectivity index (χ3v) is 6.95. The molecule has 9 nitrogen and oxygen atoms in total. The first kappa shape index (κ1) is 24.8. The lowest BCUT2D eigenvalue weighted by Gasteiger charge is -2.31. The van der Waals surface area contributed by atoms with Crippen LogP contribution in [0.3, 0.4) is 0 Å². The topological polar surface area (TPSA) is 104 Å². The molecule has 2 aromatic rings. The van der Waals surface area contributed by atoms with Crippen molar-refractivity contribution in [3.63, 3.8) is 0 Å². The lowest BCUT2D eigenvalue weighted by Crippen LogP contribution is -2.42. The number of aliphatic hydroxyl groups is 1. The molecule has 2 aliphatic rings. The number of methoxy groups -OCH3 is 2. The Morgan fingerprint density at radius 1 is 1.09 bits per heavy atom. The number of carbonyl (C=O) groups is 2. The quantitative estimate of drug-likeness (QED) is 0.355. The number of hydrogen-bond acceptors (Lipinski definition) is 7. The van der Waals surface area contributed by atoms with Crippen molar-refractivity contribution in [3.8, 4) is 11.5 Å². The zero-order valence-corrected chi connectivity index (χ0v) is 20.9. The van der Waals surface area contributed by atoms with Crippen LogP contribution in [0.1, 0.15) is 34.1 Å². The summed E-state index contributed by atoms with van der Waals surface area (Å²) in [5, 5.41) is 11.5. The standard InChI is InChI=1S/C26H33N3O6/c1-15-16(2)27-17(3)20(15)23(30)21-22(18-7-6-8-19(33-4)25(18)34-5)29(26(32)24(21)31)10-9-28-11-13-35-14-12-28/h6-8,22,27,30H,9-14H2,1-5H3/b23-21+. The molecule has 0 bridgehead atoms. The van der Waals surface area contributed by atoms with Crippen LogP contribution in [0.15, 0.2) is 23.8 Å². The number of nitrogens with zero attached hydrogens (tertiary/aromatic N) is 2. The van der Waals surface area contributed by atoms with Crippen molar-refractivity contribution in [1.29, 1.82) is 0 Å². The third-order valence-electron chi connectivity index (χ3n) is 6.95. The molecule has 9 heteroatoms. The molecule has 4 rings (SSSR count). The maximum Gasteiger partial charge on any atom is 0.295 e. The molecule has 0 spiro atoms. The number of H-pyrrole nitrogens is 1. The van der Waals surface area contributed by atoms with Gasteiger partial charge < -0.3 is 29.2 Å². The van der Waals surface area contributed by atoms with Crippen molar-refractivity contribution < 1.29 is 28.9 Å². The summed E-state index contributed by atoms with van der Waals surface area (Å²) in [6, 6.07) is 4.52. The van der Waals surface area contributed by atoms with E-state index in [9.17, 15) is 14.7 Å². The van der Waals surface area contributed by atoms with Crippen molar-refractivity contribution in [2.45, 2.75) is 26.8 Å². The smallest absolute Gasteiger partial charge is 0.295 e. The highest BCUT2D eigenvalue weighted by molar-refractivity contribution is 6.46. The predicted octanol–water partition coefficient (Wildman–Crippen LogP) is 2.71. The number of aliphatic hydroxyl groups excluding tert-OH is 1. The minimum atomic E-state index is -0.824. The number of likely N-dealkylation sites (tertiary alicyclic amines) is 1. The Morgan fingerprint density at radius 2 is 1.80 bits per heavy atom. The molecule has 0 aliphatic carbocycles. The number of ether oxygens (including phenoxy) is 3. The number of amides is 1. The summed E-state index contributed by atoms with van der Waals surface area (Å²) in [7, 11) is 3.05. The van der Waals surface area contributed by atoms with E-state index >= 15 is 0 Å². The van der Waals surface area contributed by atoms with Gasteiger partial charge in [0, 0.05) is 48.7 Å². The molecule has 1 atom stereocenters. The van der Waals surface area contributed by atoms with Gasteiger partial charge in [-0.15, -0.1) is 0 Å². The van der Waals surface area contributed by atoms with Gasteiger partial charge in [0.2, 0.25) is 0 Å². The second-order valence-corrected chi connectivity index (χ2v) is 8.90. The predicted molar refractivity (Wildman–Crippen MR) is 131 cm³/mol. The number of benzene rings is 1. The van der Waals surface area contributed by atoms with Gasteiger partial charge in [-0.25, -0.2) is 0 Å². The summed E-state index contributed by atoms with van der Waals surface area (Å²) in [5.41, 5.74) is 3.62. The molecule has 35 heavy (non-hydrogen) atoms. The molecular formula is C26H33N3O6. The van der Waals surface area contributed by atoms with Gasteiger partial charge in [0.05, 0.1) is 39.0 Å². The van der Waals surface area contributed by atoms with Crippen molar-refractivity contribution in [1.82, 2.24) is 14.8 Å². The molecular weight excluding hydrogens is 450 g/mol. The van der Waals surface area contributed by atoms with E-state index < -0.39 is 17.7 Å². The fourth-order valence-corrected chi connectivity index (χ4v) is 5.03. The molecule has 3 heterocycles. The molecule has 2 fully saturated rings. The highest BCUT2D eigenvalue weighted by Gasteiger charge is 2.47. The minimum absolute atomic E-state index is 0.0498. The average Bonchev–Trinajstić information content (AvgIpc) is 3.27. The van der Waals surface area contributed by atoms with Gasteiger partial charge in [0.1, 0.15) is 5.76 Å². The van der Waals surface area contributed by atoms with Gasteiger partial charge in [-0.2, -0.15) is 0 Å². The maximum absolute atomic E-state index is 13.4. The summed E-state index contributed by atoms with van der Waals surface area (Å²) >= 11 is 0. The number of nitrogens with one attached hydrogen (secondary N) is 1. The fourth-order valence-electron chi connectivity index (χ4n) is 5.03. The van der Waals surface area contributed by atoms with Crippen LogP contribution in [0.25, 0.3) is 5.76 Å². The van der Waals surface area contributed by atoms with Gasteiger partial charge in [-0.05, 0) is 32.4 Å². The SMILES string of the molecule is COc1cccc(C2/C(=C(\O)c3c(C)[nH]c(C)c3C)C(=O)C(=O)N2CCN2CCOCC2)c1OC. The van der Waals surface area contributed by atoms with Gasteiger partial charge in [-0.3, -0.25) is 14.5 Å². The van der Waals surface area contributed by atoms with Crippen LogP contribution in [-0.4, -0.2) is 85.2 Å². The largest absolute Gasteiger partial charge is 0.507 e. The van der Waals surface area contributed by atoms with Crippen molar-refractivity contribution >= 4 is 17.4 Å². The first-order valence-electron chi connectivity index (χ1n) is 11.8. The Balaban J connectivity index is 1.86. The number of aromatic amines is 1. The lowest BCUT2D eigenvalue weighted by molar-refractivity contribution is -0.140. The Morgan fingerprint density at radius 3 is 2.40 bits per heavy atom. The second kappa shape index (κ2) is 10.1. The highest BCUT2D eigenvalue weighted by atomic mass is 16.5. The Bertz CT molecular complexity index is 1160. The highest BCUT2D eigenvalue weighted by Crippen LogP contribution is 2.46. The summed E-state index contributed by atoms with van der Waals surface area (Å²) < 4.78 is 16.6. The number of aromatic nitrogens is 1. The first-order chi connectivity index (χ1) is 16.8. The fraction of sp³-hybridized carbons (Fsp3) is 0.462. The summed E-state index contributed by atoms with van der Waals surface area (Å²) in [5.74, 6) is -0.642. The van der Waals surface area contributed by atoms with Gasteiger partial charge >= 0.3 is 0 Å². The molecule has 2 aliphatic heterocycles. The molecule has 0 radical (unpaired) electrons. The summed E-state index contributed by atoms with van der Waals surface area (Å²) in [6.45, 7) is 9.32. The minimum Gasteiger partial charge on any atom is -0.507 e. The van der Waals surface area contributed by atoms with E-state index in [1.807, 2.05) is 20.8 Å². The van der Waals surface area contributed by atoms with E-state index in [2.05, 4.69) is 9.88 Å². The number of ketones is 1. The van der Waals surface area contributed by atoms with Crippen LogP contribution in [0.5, 0.6) is 11.5 Å². The van der Waals surface area contributed by atoms with Crippen LogP contribution >= 0.6 is 0 Å². The zero-order chi connectivity index (χ0) is 25.3. The van der Waals surface area contributed by atoms with E-state index in [1.54, 1.807) is 18.2 Å². The van der Waals surface area contributed by atoms with E-state index in [0.29, 0.717) is 48.9 Å². The molecule has 1 aromatic heterocycles. The number of hydrogen-bond donors (Lipinski definition) is 2. The van der Waals surface area contributed by atoms with Gasteiger partial charge in [0.25, 0.3) is 11.7 Å². The van der Waals surface area contributed by atoms with E-state index in [4.69, 9.17) is 14.2 Å². The van der Waals surface area contributed by atoms with E-state index in [-0.39, 0.29) is 11.3 Å². The Kier molecular flexibility index (Phi) is 7.18. The Labute approximate surface area is 205 Å². The second-order valence-electron chi connectivity index (χ2n) is 8.90. The van der Waals surface area contributed by atoms with E-state index in [0.717, 1.165) is 30.0 Å². The van der Waals surface area contributed by atoms with Crippen LogP contribution in [0.4, 0.5) is 0 Å². The Hall–Kier alpha value is -3.30. The van der Waals surface area contributed by atoms with Crippen LogP contribution < -0.4 is 9.47 Å². The monoisotopic (exact) mass is 483 g/mol. The summed E-state index contributed by atoms with van der Waals surface area (Å²) in [4.78, 5) is 33.7. The first-order valence-corrected chi connectivity index (χ1v) is 11.8. The lowest BCUT2D eigenvalue weighted by atomic mass is 9.93. The van der Waals surface area contributed by atoms with Crippen molar-refractivity contribution in [2.24, 2.45) is 0 Å². The number of Topliss-reactive ketones (excluding diaryl/α,β-unsaturated/α-hetero) is 1. The molecule has 2 saturated heterocycles. The number of morpholine rings is 1. The number of rotatable bonds is 7. The molecule has 1 aromatic carbocycles. The maximum atomic E-state index is 13.4. The van der Waals surface area contributed by atoms with Crippen molar-refractivity contribution in [2.75, 3.05) is 53.6 Å². The number of aryl methyl sites for hydroxylation is 2. The van der Waals surface area contributed by atoms with Crippen LogP contribution in [-0.2, 0) is 14.3 Å². The number of para-hydroxylation sites is 1. The van der Waals surface area contributed by atoms with Crippen molar-refractivity contribution in [3.05, 3.63) is 51.9 Å². The van der Waals surface area contributed by atoms with Crippen LogP contribution in [0.2, 0.25) is 0 Å². The summed E-state index contributed by atoms with van der Waals surface area (Å²) in [6.07, 6.45) is 0. The third kappa shape index (κ3) is 4.41. The normalized spacial score (nSPS) is 20.5. The van der Waals surface area contributed by atoms with Gasteiger partial charge in [0.15, 0.2) is 11.5 Å². The molecule has 2 N–H and O–H groups in total. The molecule has 188 valence electrons. The average molecular weight is 484 g/mol. The number of carbonyl (C=O) groups excluding carboxylic acids is 2. The van der Waals surface area contributed by atoms with Crippen LogP contribution in [0, 0.1) is 20.8 Å². The van der Waals surface area contributed by atoms with E-state index in [1.165, 1.54) is 19.1 Å². The molecule has 1 amide bonds. The van der Waals surface area contributed by atoms with Gasteiger partial charge in [-0.1, -0.05) is 12.1 Å². The molecule has 0 saturated carbocycles. The zero-order valence-electron chi connectivity index (χ0n) is 20.9. The molecule has 1 unspecified atom stereocenters.